The van der Waals surface area contributed by atoms with Gasteiger partial charge in [-0.15, -0.1) is 11.3 Å². The summed E-state index contributed by atoms with van der Waals surface area (Å²) in [7, 11) is 0. The van der Waals surface area contributed by atoms with Crippen molar-refractivity contribution in [2.75, 3.05) is 5.32 Å². The molecule has 1 N–H and O–H groups in total. The summed E-state index contributed by atoms with van der Waals surface area (Å²) in [4.78, 5) is 0. The maximum atomic E-state index is 3.78. The third-order valence-corrected chi connectivity index (χ3v) is 7.61. The minimum absolute atomic E-state index is 1.14. The fraction of sp³-hybridized carbons (Fsp3) is 0. The van der Waals surface area contributed by atoms with Crippen LogP contribution in [0.2, 0.25) is 0 Å². The molecular weight excluding hydrogens is 406 g/mol. The molecule has 1 aromatic heterocycles. The molecule has 0 fully saturated rings. The number of fused-ring (bicyclic) bond motifs is 7. The van der Waals surface area contributed by atoms with E-state index in [0.29, 0.717) is 0 Å². The maximum absolute atomic E-state index is 3.78. The number of hydrogen-bond donors (Lipinski definition) is 1. The van der Waals surface area contributed by atoms with E-state index in [2.05, 4.69) is 115 Å². The van der Waals surface area contributed by atoms with Gasteiger partial charge in [0.2, 0.25) is 0 Å². The van der Waals surface area contributed by atoms with Crippen LogP contribution in [0, 0.1) is 0 Å². The molecule has 7 aromatic rings. The van der Waals surface area contributed by atoms with Crippen LogP contribution >= 0.6 is 11.3 Å². The number of rotatable bonds is 2. The summed E-state index contributed by atoms with van der Waals surface area (Å²) in [5.74, 6) is 0. The molecule has 1 heterocycles. The Morgan fingerprint density at radius 1 is 0.438 bits per heavy atom. The minimum Gasteiger partial charge on any atom is -0.354 e. The van der Waals surface area contributed by atoms with Crippen LogP contribution < -0.4 is 5.32 Å². The summed E-state index contributed by atoms with van der Waals surface area (Å²) in [5.41, 5.74) is 2.29. The van der Waals surface area contributed by atoms with Crippen molar-refractivity contribution in [3.05, 3.63) is 109 Å². The molecule has 0 aliphatic rings. The van der Waals surface area contributed by atoms with Crippen LogP contribution in [0.4, 0.5) is 11.4 Å². The van der Waals surface area contributed by atoms with Gasteiger partial charge in [0, 0.05) is 47.7 Å². The number of nitrogens with one attached hydrogen (secondary N) is 1. The van der Waals surface area contributed by atoms with Gasteiger partial charge in [-0.3, -0.25) is 0 Å². The Kier molecular flexibility index (Phi) is 3.78. The summed E-state index contributed by atoms with van der Waals surface area (Å²) in [5, 5.41) is 14.0. The van der Waals surface area contributed by atoms with E-state index in [-0.39, 0.29) is 0 Å². The van der Waals surface area contributed by atoms with Gasteiger partial charge in [-0.05, 0) is 40.4 Å². The van der Waals surface area contributed by atoms with E-state index in [9.17, 15) is 0 Å². The molecule has 0 saturated heterocycles. The first-order chi connectivity index (χ1) is 15.8. The first kappa shape index (κ1) is 17.8. The quantitative estimate of drug-likeness (QED) is 0.291. The molecule has 0 radical (unpaired) electrons. The molecular formula is C30H19NS. The van der Waals surface area contributed by atoms with Crippen LogP contribution in [-0.2, 0) is 0 Å². The van der Waals surface area contributed by atoms with Crippen molar-refractivity contribution in [2.24, 2.45) is 0 Å². The highest BCUT2D eigenvalue weighted by atomic mass is 32.1. The van der Waals surface area contributed by atoms with Gasteiger partial charge in [-0.2, -0.15) is 0 Å². The fourth-order valence-electron chi connectivity index (χ4n) is 4.87. The van der Waals surface area contributed by atoms with Gasteiger partial charge in [-0.1, -0.05) is 84.9 Å². The molecule has 7 rings (SSSR count). The van der Waals surface area contributed by atoms with Crippen LogP contribution in [0.5, 0.6) is 0 Å². The zero-order valence-electron chi connectivity index (χ0n) is 17.3. The second-order valence-corrected chi connectivity index (χ2v) is 9.35. The lowest BCUT2D eigenvalue weighted by atomic mass is 10.0. The van der Waals surface area contributed by atoms with Crippen molar-refractivity contribution in [3.8, 4) is 0 Å². The highest BCUT2D eigenvalue weighted by Crippen LogP contribution is 2.43. The van der Waals surface area contributed by atoms with Gasteiger partial charge in [0.25, 0.3) is 0 Å². The number of hydrogen-bond acceptors (Lipinski definition) is 2. The van der Waals surface area contributed by atoms with Gasteiger partial charge < -0.3 is 5.32 Å². The molecule has 32 heavy (non-hydrogen) atoms. The van der Waals surface area contributed by atoms with Gasteiger partial charge in [-0.25, -0.2) is 0 Å². The lowest BCUT2D eigenvalue weighted by Gasteiger charge is -2.13. The van der Waals surface area contributed by atoms with Crippen molar-refractivity contribution in [1.29, 1.82) is 0 Å². The molecule has 1 nitrogen and oxygen atoms in total. The summed E-state index contributed by atoms with van der Waals surface area (Å²) in [6.45, 7) is 0. The Bertz CT molecular complexity index is 1800. The number of benzene rings is 6. The molecule has 6 aromatic carbocycles. The Morgan fingerprint density at radius 2 is 1.09 bits per heavy atom. The van der Waals surface area contributed by atoms with E-state index in [0.717, 1.165) is 11.4 Å². The van der Waals surface area contributed by atoms with Crippen LogP contribution in [-0.4, -0.2) is 0 Å². The number of anilines is 2. The van der Waals surface area contributed by atoms with E-state index >= 15 is 0 Å². The smallest absolute Gasteiger partial charge is 0.0471 e. The van der Waals surface area contributed by atoms with Crippen molar-refractivity contribution in [3.63, 3.8) is 0 Å². The molecule has 150 valence electrons. The molecule has 0 aliphatic heterocycles. The average Bonchev–Trinajstić information content (AvgIpc) is 3.20. The van der Waals surface area contributed by atoms with Crippen LogP contribution in [0.25, 0.3) is 52.5 Å². The van der Waals surface area contributed by atoms with Crippen LogP contribution in [0.1, 0.15) is 0 Å². The topological polar surface area (TPSA) is 12.0 Å². The van der Waals surface area contributed by atoms with Gasteiger partial charge in [0.15, 0.2) is 0 Å². The van der Waals surface area contributed by atoms with E-state index in [1.54, 1.807) is 0 Å². The maximum Gasteiger partial charge on any atom is 0.0471 e. The first-order valence-electron chi connectivity index (χ1n) is 10.9. The molecule has 0 atom stereocenters. The highest BCUT2D eigenvalue weighted by Gasteiger charge is 2.13. The molecule has 0 bridgehead atoms. The van der Waals surface area contributed by atoms with Crippen LogP contribution in [0.15, 0.2) is 109 Å². The van der Waals surface area contributed by atoms with Crippen molar-refractivity contribution >= 4 is 75.2 Å². The van der Waals surface area contributed by atoms with E-state index in [1.165, 1.54) is 52.5 Å². The second kappa shape index (κ2) is 6.81. The average molecular weight is 426 g/mol. The zero-order valence-corrected chi connectivity index (χ0v) is 18.1. The van der Waals surface area contributed by atoms with Gasteiger partial charge in [0.05, 0.1) is 0 Å². The van der Waals surface area contributed by atoms with Gasteiger partial charge in [0.1, 0.15) is 0 Å². The minimum atomic E-state index is 1.14. The van der Waals surface area contributed by atoms with Crippen LogP contribution in [0.3, 0.4) is 0 Å². The molecule has 0 unspecified atom stereocenters. The second-order valence-electron chi connectivity index (χ2n) is 8.30. The molecule has 0 spiro atoms. The van der Waals surface area contributed by atoms with E-state index in [4.69, 9.17) is 0 Å². The monoisotopic (exact) mass is 425 g/mol. The SMILES string of the molecule is c1ccc2cc3c(cc2c1)sc1c2ccccc2c(Nc2cccc4ccccc24)cc31. The molecule has 0 saturated carbocycles. The van der Waals surface area contributed by atoms with Crippen molar-refractivity contribution < 1.29 is 0 Å². The Labute approximate surface area is 189 Å². The van der Waals surface area contributed by atoms with Gasteiger partial charge >= 0.3 is 0 Å². The number of thiophene rings is 1. The Hall–Kier alpha value is -3.88. The Morgan fingerprint density at radius 3 is 1.94 bits per heavy atom. The van der Waals surface area contributed by atoms with E-state index < -0.39 is 0 Å². The predicted molar refractivity (Wildman–Crippen MR) is 142 cm³/mol. The standard InChI is InChI=1S/C30H19NS/c1-2-10-21-17-29-25(16-20(21)9-1)26-18-28(23-13-5-6-14-24(23)30(26)32-29)31-27-15-7-11-19-8-3-4-12-22(19)27/h1-18,31H. The lowest BCUT2D eigenvalue weighted by molar-refractivity contribution is 1.63. The third kappa shape index (κ3) is 2.63. The van der Waals surface area contributed by atoms with Crippen molar-refractivity contribution in [2.45, 2.75) is 0 Å². The Balaban J connectivity index is 1.54. The van der Waals surface area contributed by atoms with Crippen molar-refractivity contribution in [1.82, 2.24) is 0 Å². The molecule has 0 aliphatic carbocycles. The predicted octanol–water partition coefficient (Wildman–Crippen LogP) is 9.26. The summed E-state index contributed by atoms with van der Waals surface area (Å²) in [6, 6.07) is 39.4. The normalized spacial score (nSPS) is 11.8. The third-order valence-electron chi connectivity index (χ3n) is 6.40. The summed E-state index contributed by atoms with van der Waals surface area (Å²) < 4.78 is 2.69. The molecule has 0 amide bonds. The zero-order chi connectivity index (χ0) is 21.1. The summed E-state index contributed by atoms with van der Waals surface area (Å²) in [6.07, 6.45) is 0. The largest absolute Gasteiger partial charge is 0.354 e. The van der Waals surface area contributed by atoms with E-state index in [1.807, 2.05) is 11.3 Å². The summed E-state index contributed by atoms with van der Waals surface area (Å²) >= 11 is 1.90. The first-order valence-corrected chi connectivity index (χ1v) is 11.7. The highest BCUT2D eigenvalue weighted by molar-refractivity contribution is 7.26. The lowest BCUT2D eigenvalue weighted by Crippen LogP contribution is -1.93. The molecule has 2 heteroatoms. The fourth-order valence-corrected chi connectivity index (χ4v) is 6.12.